The van der Waals surface area contributed by atoms with Gasteiger partial charge in [0, 0.05) is 21.1 Å². The lowest BCUT2D eigenvalue weighted by Crippen LogP contribution is -2.38. The van der Waals surface area contributed by atoms with Gasteiger partial charge in [-0.1, -0.05) is 77.3 Å². The van der Waals surface area contributed by atoms with Gasteiger partial charge >= 0.3 is 0 Å². The van der Waals surface area contributed by atoms with E-state index in [1.165, 1.54) is 35.1 Å². The maximum absolute atomic E-state index is 6.54. The number of benzene rings is 3. The zero-order chi connectivity index (χ0) is 21.4. The largest absolute Gasteiger partial charge is 0.296 e. The van der Waals surface area contributed by atoms with Crippen LogP contribution in [0.15, 0.2) is 66.7 Å². The molecule has 0 bridgehead atoms. The molecule has 3 aromatic rings. The summed E-state index contributed by atoms with van der Waals surface area (Å²) >= 11 is 18.8. The molecule has 3 aromatic carbocycles. The summed E-state index contributed by atoms with van der Waals surface area (Å²) in [6.07, 6.45) is 4.47. The predicted octanol–water partition coefficient (Wildman–Crippen LogP) is 7.98. The molecule has 0 saturated carbocycles. The fourth-order valence-electron chi connectivity index (χ4n) is 5.55. The Morgan fingerprint density at radius 1 is 0.806 bits per heavy atom. The molecular weight excluding hydrogens is 445 g/mol. The van der Waals surface area contributed by atoms with Crippen molar-refractivity contribution in [2.75, 3.05) is 13.1 Å². The minimum absolute atomic E-state index is 0.453. The van der Waals surface area contributed by atoms with E-state index in [2.05, 4.69) is 47.4 Å². The predicted molar refractivity (Wildman–Crippen MR) is 132 cm³/mol. The van der Waals surface area contributed by atoms with Crippen molar-refractivity contribution in [1.29, 1.82) is 0 Å². The lowest BCUT2D eigenvalue weighted by molar-refractivity contribution is 0.117. The van der Waals surface area contributed by atoms with Gasteiger partial charge in [0.15, 0.2) is 0 Å². The highest BCUT2D eigenvalue weighted by Gasteiger charge is 2.38. The van der Waals surface area contributed by atoms with Gasteiger partial charge in [-0.15, -0.1) is 0 Å². The highest BCUT2D eigenvalue weighted by atomic mass is 35.5. The molecule has 160 valence electrons. The van der Waals surface area contributed by atoms with Crippen molar-refractivity contribution in [3.63, 3.8) is 0 Å². The minimum Gasteiger partial charge on any atom is -0.296 e. The van der Waals surface area contributed by atoms with Crippen molar-refractivity contribution in [2.45, 2.75) is 37.6 Å². The molecule has 0 radical (unpaired) electrons. The van der Waals surface area contributed by atoms with E-state index in [1.54, 1.807) is 0 Å². The van der Waals surface area contributed by atoms with Crippen LogP contribution in [0.2, 0.25) is 15.1 Å². The minimum atomic E-state index is 0.453. The maximum atomic E-state index is 6.54. The second kappa shape index (κ2) is 9.16. The van der Waals surface area contributed by atoms with Crippen LogP contribution in [0.1, 0.15) is 47.1 Å². The smallest absolute Gasteiger partial charge is 0.0452 e. The zero-order valence-electron chi connectivity index (χ0n) is 17.4. The number of fused-ring (bicyclic) bond motifs is 1. The Hall–Kier alpha value is -1.51. The third-order valence-corrected chi connectivity index (χ3v) is 7.90. The van der Waals surface area contributed by atoms with Crippen molar-refractivity contribution in [3.8, 4) is 0 Å². The van der Waals surface area contributed by atoms with Gasteiger partial charge in [-0.3, -0.25) is 4.90 Å². The van der Waals surface area contributed by atoms with Gasteiger partial charge in [0.2, 0.25) is 0 Å². The van der Waals surface area contributed by atoms with Crippen LogP contribution >= 0.6 is 34.8 Å². The van der Waals surface area contributed by atoms with Crippen LogP contribution in [0.25, 0.3) is 0 Å². The van der Waals surface area contributed by atoms with E-state index in [0.717, 1.165) is 36.0 Å². The average molecular weight is 471 g/mol. The van der Waals surface area contributed by atoms with Crippen LogP contribution in [-0.2, 0) is 12.8 Å². The first-order chi connectivity index (χ1) is 15.1. The SMILES string of the molecule is Clc1ccc(C2CCN(C3c4ccccc4CC3Cc3ccc(Cl)cc3Cl)CC2)cc1. The van der Waals surface area contributed by atoms with Crippen molar-refractivity contribution in [2.24, 2.45) is 5.92 Å². The molecule has 31 heavy (non-hydrogen) atoms. The van der Waals surface area contributed by atoms with Crippen molar-refractivity contribution >= 4 is 34.8 Å². The van der Waals surface area contributed by atoms with Gasteiger partial charge in [-0.05, 0) is 97.1 Å². The van der Waals surface area contributed by atoms with Gasteiger partial charge in [-0.2, -0.15) is 0 Å². The van der Waals surface area contributed by atoms with Gasteiger partial charge in [0.1, 0.15) is 0 Å². The average Bonchev–Trinajstić information content (AvgIpc) is 3.14. The lowest BCUT2D eigenvalue weighted by Gasteiger charge is -2.39. The molecule has 1 heterocycles. The molecule has 1 nitrogen and oxygen atoms in total. The number of hydrogen-bond acceptors (Lipinski definition) is 1. The summed E-state index contributed by atoms with van der Waals surface area (Å²) in [5, 5.41) is 2.29. The molecule has 0 amide bonds. The molecule has 0 spiro atoms. The third-order valence-electron chi connectivity index (χ3n) is 7.06. The second-order valence-electron chi connectivity index (χ2n) is 8.91. The lowest BCUT2D eigenvalue weighted by atomic mass is 9.86. The maximum Gasteiger partial charge on any atom is 0.0452 e. The fourth-order valence-corrected chi connectivity index (χ4v) is 6.16. The number of piperidine rings is 1. The standard InChI is InChI=1S/C27H26Cl3N/c28-23-8-5-18(6-9-23)19-11-13-31(14-12-19)27-22(15-20-3-1-2-4-25(20)27)16-21-7-10-24(29)17-26(21)30/h1-10,17,19,22,27H,11-16H2. The molecule has 2 atom stereocenters. The molecule has 1 aliphatic heterocycles. The van der Waals surface area contributed by atoms with Gasteiger partial charge in [0.05, 0.1) is 0 Å². The normalized spacial score (nSPS) is 21.9. The first kappa shape index (κ1) is 21.3. The Morgan fingerprint density at radius 3 is 2.26 bits per heavy atom. The van der Waals surface area contributed by atoms with Crippen LogP contribution in [0.3, 0.4) is 0 Å². The van der Waals surface area contributed by atoms with E-state index in [4.69, 9.17) is 34.8 Å². The Balaban J connectivity index is 1.35. The number of hydrogen-bond donors (Lipinski definition) is 0. The van der Waals surface area contributed by atoms with Crippen LogP contribution in [-0.4, -0.2) is 18.0 Å². The quantitative estimate of drug-likeness (QED) is 0.373. The molecular formula is C27H26Cl3N. The van der Waals surface area contributed by atoms with Crippen LogP contribution < -0.4 is 0 Å². The zero-order valence-corrected chi connectivity index (χ0v) is 19.7. The summed E-state index contributed by atoms with van der Waals surface area (Å²) in [6.45, 7) is 2.24. The highest BCUT2D eigenvalue weighted by Crippen LogP contribution is 2.44. The summed E-state index contributed by atoms with van der Waals surface area (Å²) in [5.41, 5.74) is 5.61. The van der Waals surface area contributed by atoms with E-state index < -0.39 is 0 Å². The molecule has 1 aliphatic carbocycles. The first-order valence-electron chi connectivity index (χ1n) is 11.1. The van der Waals surface area contributed by atoms with Gasteiger partial charge in [-0.25, -0.2) is 0 Å². The topological polar surface area (TPSA) is 3.24 Å². The van der Waals surface area contributed by atoms with Gasteiger partial charge < -0.3 is 0 Å². The second-order valence-corrected chi connectivity index (χ2v) is 10.2. The molecule has 4 heteroatoms. The van der Waals surface area contributed by atoms with Crippen molar-refractivity contribution in [1.82, 2.24) is 4.90 Å². The first-order valence-corrected chi connectivity index (χ1v) is 12.2. The third kappa shape index (κ3) is 4.52. The molecule has 1 saturated heterocycles. The summed E-state index contributed by atoms with van der Waals surface area (Å²) in [6, 6.07) is 23.8. The monoisotopic (exact) mass is 469 g/mol. The van der Waals surface area contributed by atoms with Crippen molar-refractivity contribution in [3.05, 3.63) is 104 Å². The van der Waals surface area contributed by atoms with Crippen molar-refractivity contribution < 1.29 is 0 Å². The molecule has 1 fully saturated rings. The summed E-state index contributed by atoms with van der Waals surface area (Å²) < 4.78 is 0. The Kier molecular flexibility index (Phi) is 6.30. The van der Waals surface area contributed by atoms with E-state index in [9.17, 15) is 0 Å². The van der Waals surface area contributed by atoms with E-state index in [-0.39, 0.29) is 0 Å². The van der Waals surface area contributed by atoms with Gasteiger partial charge in [0.25, 0.3) is 0 Å². The highest BCUT2D eigenvalue weighted by molar-refractivity contribution is 6.35. The molecule has 0 aromatic heterocycles. The van der Waals surface area contributed by atoms with E-state index >= 15 is 0 Å². The van der Waals surface area contributed by atoms with E-state index in [1.807, 2.05) is 24.3 Å². The van der Waals surface area contributed by atoms with Crippen LogP contribution in [0.4, 0.5) is 0 Å². The molecule has 0 N–H and O–H groups in total. The van der Waals surface area contributed by atoms with Crippen LogP contribution in [0.5, 0.6) is 0 Å². The fraction of sp³-hybridized carbons (Fsp3) is 0.333. The Labute approximate surface area is 199 Å². The number of nitrogens with zero attached hydrogens (tertiary/aromatic N) is 1. The molecule has 5 rings (SSSR count). The molecule has 2 aliphatic rings. The Bertz CT molecular complexity index is 1050. The summed E-state index contributed by atoms with van der Waals surface area (Å²) in [7, 11) is 0. The Morgan fingerprint density at radius 2 is 1.52 bits per heavy atom. The van der Waals surface area contributed by atoms with Crippen LogP contribution in [0, 0.1) is 5.92 Å². The summed E-state index contributed by atoms with van der Waals surface area (Å²) in [4.78, 5) is 2.72. The van der Waals surface area contributed by atoms with E-state index in [0.29, 0.717) is 22.9 Å². The molecule has 2 unspecified atom stereocenters. The number of halogens is 3. The number of likely N-dealkylation sites (tertiary alicyclic amines) is 1. The number of rotatable bonds is 4. The summed E-state index contributed by atoms with van der Waals surface area (Å²) in [5.74, 6) is 1.15.